The molecular formula is C14H20N2O3. The lowest BCUT2D eigenvalue weighted by molar-refractivity contribution is 0.0729. The fourth-order valence-electron chi connectivity index (χ4n) is 2.58. The van der Waals surface area contributed by atoms with Gasteiger partial charge in [-0.1, -0.05) is 0 Å². The topological polar surface area (TPSA) is 86.8 Å². The second-order valence-electron chi connectivity index (χ2n) is 4.93. The van der Waals surface area contributed by atoms with E-state index in [1.54, 1.807) is 0 Å². The first kappa shape index (κ1) is 13.7. The van der Waals surface area contributed by atoms with Gasteiger partial charge in [0, 0.05) is 18.2 Å². The van der Waals surface area contributed by atoms with Gasteiger partial charge < -0.3 is 20.8 Å². The van der Waals surface area contributed by atoms with Gasteiger partial charge in [0.1, 0.15) is 0 Å². The SMILES string of the molecule is NCCCC1CCCN1C(=O)c1ccc(O)c(O)c1. The molecule has 1 aliphatic heterocycles. The zero-order valence-electron chi connectivity index (χ0n) is 10.9. The van der Waals surface area contributed by atoms with Gasteiger partial charge in [0.15, 0.2) is 11.5 Å². The van der Waals surface area contributed by atoms with Crippen molar-refractivity contribution in [1.82, 2.24) is 4.90 Å². The third-order valence-corrected chi connectivity index (χ3v) is 3.60. The number of phenolic OH excluding ortho intramolecular Hbond substituents is 2. The lowest BCUT2D eigenvalue weighted by Gasteiger charge is -2.24. The molecule has 1 fully saturated rings. The van der Waals surface area contributed by atoms with E-state index >= 15 is 0 Å². The Balaban J connectivity index is 2.11. The molecule has 1 amide bonds. The van der Waals surface area contributed by atoms with Crippen LogP contribution < -0.4 is 5.73 Å². The zero-order chi connectivity index (χ0) is 13.8. The van der Waals surface area contributed by atoms with Crippen LogP contribution in [0.1, 0.15) is 36.0 Å². The maximum Gasteiger partial charge on any atom is 0.254 e. The largest absolute Gasteiger partial charge is 0.504 e. The number of carbonyl (C=O) groups excluding carboxylic acids is 1. The quantitative estimate of drug-likeness (QED) is 0.718. The Labute approximate surface area is 112 Å². The summed E-state index contributed by atoms with van der Waals surface area (Å²) in [5, 5.41) is 18.7. The van der Waals surface area contributed by atoms with Crippen molar-refractivity contribution in [2.24, 2.45) is 5.73 Å². The molecule has 19 heavy (non-hydrogen) atoms. The number of hydrogen-bond acceptors (Lipinski definition) is 4. The number of rotatable bonds is 4. The summed E-state index contributed by atoms with van der Waals surface area (Å²) >= 11 is 0. The average molecular weight is 264 g/mol. The highest BCUT2D eigenvalue weighted by Crippen LogP contribution is 2.28. The van der Waals surface area contributed by atoms with Crippen molar-refractivity contribution in [2.45, 2.75) is 31.7 Å². The summed E-state index contributed by atoms with van der Waals surface area (Å²) in [6, 6.07) is 4.44. The Morgan fingerprint density at radius 1 is 1.37 bits per heavy atom. The maximum absolute atomic E-state index is 12.4. The van der Waals surface area contributed by atoms with Gasteiger partial charge in [-0.2, -0.15) is 0 Å². The van der Waals surface area contributed by atoms with E-state index in [4.69, 9.17) is 5.73 Å². The molecule has 0 saturated carbocycles. The number of nitrogens with zero attached hydrogens (tertiary/aromatic N) is 1. The number of carbonyl (C=O) groups is 1. The van der Waals surface area contributed by atoms with Gasteiger partial charge in [-0.3, -0.25) is 4.79 Å². The normalized spacial score (nSPS) is 18.8. The third-order valence-electron chi connectivity index (χ3n) is 3.60. The van der Waals surface area contributed by atoms with Crippen LogP contribution in [0.5, 0.6) is 11.5 Å². The molecule has 0 aliphatic carbocycles. The van der Waals surface area contributed by atoms with Crippen molar-refractivity contribution in [3.8, 4) is 11.5 Å². The van der Waals surface area contributed by atoms with Crippen molar-refractivity contribution in [1.29, 1.82) is 0 Å². The van der Waals surface area contributed by atoms with Crippen molar-refractivity contribution >= 4 is 5.91 Å². The highest BCUT2D eigenvalue weighted by atomic mass is 16.3. The van der Waals surface area contributed by atoms with Crippen LogP contribution >= 0.6 is 0 Å². The average Bonchev–Trinajstić information content (AvgIpc) is 2.87. The van der Waals surface area contributed by atoms with E-state index in [-0.39, 0.29) is 23.4 Å². The van der Waals surface area contributed by atoms with Gasteiger partial charge in [0.05, 0.1) is 0 Å². The van der Waals surface area contributed by atoms with E-state index in [0.717, 1.165) is 32.2 Å². The van der Waals surface area contributed by atoms with Crippen molar-refractivity contribution in [3.63, 3.8) is 0 Å². The van der Waals surface area contributed by atoms with Crippen LogP contribution in [0.3, 0.4) is 0 Å². The van der Waals surface area contributed by atoms with Crippen LogP contribution in [0.15, 0.2) is 18.2 Å². The Hall–Kier alpha value is -1.75. The zero-order valence-corrected chi connectivity index (χ0v) is 10.9. The van der Waals surface area contributed by atoms with Crippen LogP contribution in [-0.4, -0.2) is 40.2 Å². The van der Waals surface area contributed by atoms with Gasteiger partial charge in [-0.05, 0) is 50.4 Å². The predicted octanol–water partition coefficient (Wildman–Crippen LogP) is 1.44. The smallest absolute Gasteiger partial charge is 0.254 e. The molecular weight excluding hydrogens is 244 g/mol. The van der Waals surface area contributed by atoms with E-state index in [9.17, 15) is 15.0 Å². The minimum atomic E-state index is -0.261. The molecule has 1 unspecified atom stereocenters. The van der Waals surface area contributed by atoms with Crippen molar-refractivity contribution in [2.75, 3.05) is 13.1 Å². The van der Waals surface area contributed by atoms with Crippen LogP contribution in [-0.2, 0) is 0 Å². The molecule has 5 nitrogen and oxygen atoms in total. The molecule has 1 aromatic rings. The molecule has 0 aromatic heterocycles. The van der Waals surface area contributed by atoms with E-state index in [1.165, 1.54) is 18.2 Å². The highest BCUT2D eigenvalue weighted by Gasteiger charge is 2.29. The van der Waals surface area contributed by atoms with Crippen LogP contribution in [0, 0.1) is 0 Å². The van der Waals surface area contributed by atoms with Gasteiger partial charge in [0.25, 0.3) is 5.91 Å². The minimum absolute atomic E-state index is 0.0881. The van der Waals surface area contributed by atoms with Gasteiger partial charge in [-0.15, -0.1) is 0 Å². The van der Waals surface area contributed by atoms with Crippen molar-refractivity contribution in [3.05, 3.63) is 23.8 Å². The summed E-state index contributed by atoms with van der Waals surface area (Å²) in [4.78, 5) is 14.2. The van der Waals surface area contributed by atoms with Crippen LogP contribution in [0.25, 0.3) is 0 Å². The van der Waals surface area contributed by atoms with E-state index < -0.39 is 0 Å². The summed E-state index contributed by atoms with van der Waals surface area (Å²) in [5.74, 6) is -0.559. The monoisotopic (exact) mass is 264 g/mol. The van der Waals surface area contributed by atoms with E-state index in [2.05, 4.69) is 0 Å². The number of likely N-dealkylation sites (tertiary alicyclic amines) is 1. The summed E-state index contributed by atoms with van der Waals surface area (Å²) in [6.07, 6.45) is 3.85. The summed E-state index contributed by atoms with van der Waals surface area (Å²) < 4.78 is 0. The summed E-state index contributed by atoms with van der Waals surface area (Å²) in [7, 11) is 0. The molecule has 104 valence electrons. The molecule has 0 radical (unpaired) electrons. The minimum Gasteiger partial charge on any atom is -0.504 e. The van der Waals surface area contributed by atoms with E-state index in [1.807, 2.05) is 4.90 Å². The molecule has 0 bridgehead atoms. The Morgan fingerprint density at radius 2 is 2.16 bits per heavy atom. The molecule has 1 aromatic carbocycles. The fourth-order valence-corrected chi connectivity index (χ4v) is 2.58. The Morgan fingerprint density at radius 3 is 2.84 bits per heavy atom. The lowest BCUT2D eigenvalue weighted by Crippen LogP contribution is -2.35. The molecule has 1 atom stereocenters. The summed E-state index contributed by atoms with van der Waals surface area (Å²) in [5.41, 5.74) is 5.92. The number of phenols is 2. The van der Waals surface area contributed by atoms with Crippen LogP contribution in [0.4, 0.5) is 0 Å². The molecule has 1 saturated heterocycles. The van der Waals surface area contributed by atoms with Gasteiger partial charge in [-0.25, -0.2) is 0 Å². The first-order chi connectivity index (χ1) is 9.13. The molecule has 4 N–H and O–H groups in total. The first-order valence-corrected chi connectivity index (χ1v) is 6.66. The third kappa shape index (κ3) is 2.98. The van der Waals surface area contributed by atoms with Gasteiger partial charge >= 0.3 is 0 Å². The molecule has 2 rings (SSSR count). The number of benzene rings is 1. The maximum atomic E-state index is 12.4. The second-order valence-corrected chi connectivity index (χ2v) is 4.93. The van der Waals surface area contributed by atoms with Gasteiger partial charge in [0.2, 0.25) is 0 Å². The highest BCUT2D eigenvalue weighted by molar-refractivity contribution is 5.95. The van der Waals surface area contributed by atoms with Crippen molar-refractivity contribution < 1.29 is 15.0 Å². The number of nitrogens with two attached hydrogens (primary N) is 1. The predicted molar refractivity (Wildman–Crippen MR) is 72.1 cm³/mol. The first-order valence-electron chi connectivity index (χ1n) is 6.66. The standard InChI is InChI=1S/C14H20N2O3/c15-7-1-3-11-4-2-8-16(11)14(19)10-5-6-12(17)13(18)9-10/h5-6,9,11,17-18H,1-4,7-8,15H2. The lowest BCUT2D eigenvalue weighted by atomic mass is 10.1. The van der Waals surface area contributed by atoms with E-state index in [0.29, 0.717) is 12.1 Å². The molecule has 1 heterocycles. The number of hydrogen-bond donors (Lipinski definition) is 3. The molecule has 1 aliphatic rings. The number of aromatic hydroxyl groups is 2. The Bertz CT molecular complexity index is 462. The number of amides is 1. The fraction of sp³-hybridized carbons (Fsp3) is 0.500. The Kier molecular flexibility index (Phi) is 4.27. The summed E-state index contributed by atoms with van der Waals surface area (Å²) in [6.45, 7) is 1.38. The molecule has 5 heteroatoms. The van der Waals surface area contributed by atoms with Crippen LogP contribution in [0.2, 0.25) is 0 Å². The molecule has 0 spiro atoms. The second kappa shape index (κ2) is 5.93.